The van der Waals surface area contributed by atoms with Gasteiger partial charge in [-0.25, -0.2) is 4.79 Å². The first-order valence-electron chi connectivity index (χ1n) is 7.12. The van der Waals surface area contributed by atoms with E-state index in [1.807, 2.05) is 25.1 Å². The summed E-state index contributed by atoms with van der Waals surface area (Å²) in [5.41, 5.74) is 1.79. The van der Waals surface area contributed by atoms with Gasteiger partial charge in [0.05, 0.1) is 6.54 Å². The van der Waals surface area contributed by atoms with E-state index in [9.17, 15) is 4.79 Å². The van der Waals surface area contributed by atoms with Crippen LogP contribution in [-0.4, -0.2) is 31.1 Å². The molecule has 0 saturated carbocycles. The van der Waals surface area contributed by atoms with Crippen LogP contribution in [0.3, 0.4) is 0 Å². The van der Waals surface area contributed by atoms with Gasteiger partial charge in [0.1, 0.15) is 12.4 Å². The number of benzene rings is 2. The van der Waals surface area contributed by atoms with Gasteiger partial charge in [0.15, 0.2) is 0 Å². The van der Waals surface area contributed by atoms with Gasteiger partial charge in [-0.15, -0.1) is 0 Å². The van der Waals surface area contributed by atoms with Crippen molar-refractivity contribution in [1.82, 2.24) is 4.90 Å². The first-order valence-corrected chi connectivity index (χ1v) is 8.29. The number of nitrogens with one attached hydrogen (secondary N) is 1. The summed E-state index contributed by atoms with van der Waals surface area (Å²) in [5, 5.41) is 3.56. The number of urea groups is 1. The highest BCUT2D eigenvalue weighted by Gasteiger charge is 2.10. The van der Waals surface area contributed by atoms with Crippen LogP contribution in [0.15, 0.2) is 46.9 Å². The zero-order valence-corrected chi connectivity index (χ0v) is 15.3. The molecule has 2 aromatic carbocycles. The molecular formula is C17H18BrClN2O2. The first-order chi connectivity index (χ1) is 11.0. The van der Waals surface area contributed by atoms with Crippen LogP contribution in [0, 0.1) is 6.92 Å². The highest BCUT2D eigenvalue weighted by atomic mass is 79.9. The maximum absolute atomic E-state index is 12.2. The lowest BCUT2D eigenvalue weighted by atomic mass is 10.2. The Morgan fingerprint density at radius 3 is 2.65 bits per heavy atom. The quantitative estimate of drug-likeness (QED) is 0.775. The van der Waals surface area contributed by atoms with E-state index in [2.05, 4.69) is 21.2 Å². The van der Waals surface area contributed by atoms with E-state index in [0.717, 1.165) is 21.5 Å². The Labute approximate surface area is 149 Å². The summed E-state index contributed by atoms with van der Waals surface area (Å²) in [4.78, 5) is 13.8. The number of hydrogen-bond acceptors (Lipinski definition) is 2. The number of carbonyl (C=O) groups is 1. The van der Waals surface area contributed by atoms with Gasteiger partial charge in [-0.05, 0) is 48.9 Å². The van der Waals surface area contributed by atoms with Gasteiger partial charge in [0.2, 0.25) is 0 Å². The van der Waals surface area contributed by atoms with Gasteiger partial charge in [-0.2, -0.15) is 0 Å². The molecule has 6 heteroatoms. The monoisotopic (exact) mass is 396 g/mol. The molecule has 122 valence electrons. The van der Waals surface area contributed by atoms with Gasteiger partial charge < -0.3 is 15.0 Å². The third kappa shape index (κ3) is 5.44. The maximum atomic E-state index is 12.2. The second-order valence-electron chi connectivity index (χ2n) is 5.11. The SMILES string of the molecule is Cc1ccc(Br)cc1NC(=O)N(C)CCOc1ccc(Cl)cc1. The number of ether oxygens (including phenoxy) is 1. The number of likely N-dealkylation sites (N-methyl/N-ethyl adjacent to an activating group) is 1. The molecule has 0 fully saturated rings. The highest BCUT2D eigenvalue weighted by molar-refractivity contribution is 9.10. The van der Waals surface area contributed by atoms with E-state index in [-0.39, 0.29) is 6.03 Å². The fraction of sp³-hybridized carbons (Fsp3) is 0.235. The Bertz CT molecular complexity index is 677. The summed E-state index contributed by atoms with van der Waals surface area (Å²) in [7, 11) is 1.73. The molecule has 23 heavy (non-hydrogen) atoms. The summed E-state index contributed by atoms with van der Waals surface area (Å²) < 4.78 is 6.51. The van der Waals surface area contributed by atoms with Crippen LogP contribution in [-0.2, 0) is 0 Å². The molecule has 0 radical (unpaired) electrons. The number of carbonyl (C=O) groups excluding carboxylic acids is 1. The zero-order chi connectivity index (χ0) is 16.8. The molecule has 0 bridgehead atoms. The standard InChI is InChI=1S/C17H18BrClN2O2/c1-12-3-4-13(18)11-16(12)20-17(22)21(2)9-10-23-15-7-5-14(19)6-8-15/h3-8,11H,9-10H2,1-2H3,(H,20,22). The summed E-state index contributed by atoms with van der Waals surface area (Å²) in [6.07, 6.45) is 0. The fourth-order valence-electron chi connectivity index (χ4n) is 1.87. The number of rotatable bonds is 5. The molecular weight excluding hydrogens is 380 g/mol. The molecule has 0 aliphatic heterocycles. The number of halogens is 2. The fourth-order valence-corrected chi connectivity index (χ4v) is 2.36. The molecule has 2 amide bonds. The van der Waals surface area contributed by atoms with Crippen molar-refractivity contribution in [1.29, 1.82) is 0 Å². The summed E-state index contributed by atoms with van der Waals surface area (Å²) in [6, 6.07) is 12.7. The van der Waals surface area contributed by atoms with Crippen molar-refractivity contribution in [3.05, 3.63) is 57.5 Å². The van der Waals surface area contributed by atoms with Crippen LogP contribution in [0.1, 0.15) is 5.56 Å². The van der Waals surface area contributed by atoms with Gasteiger partial charge >= 0.3 is 6.03 Å². The maximum Gasteiger partial charge on any atom is 0.321 e. The van der Waals surface area contributed by atoms with Crippen LogP contribution in [0.25, 0.3) is 0 Å². The second-order valence-corrected chi connectivity index (χ2v) is 6.47. The molecule has 2 aromatic rings. The van der Waals surface area contributed by atoms with E-state index in [0.29, 0.717) is 18.2 Å². The molecule has 0 saturated heterocycles. The smallest absolute Gasteiger partial charge is 0.321 e. The van der Waals surface area contributed by atoms with Crippen molar-refractivity contribution in [2.75, 3.05) is 25.5 Å². The van der Waals surface area contributed by atoms with Gasteiger partial charge in [-0.3, -0.25) is 0 Å². The average Bonchev–Trinajstić information content (AvgIpc) is 2.52. The minimum absolute atomic E-state index is 0.175. The topological polar surface area (TPSA) is 41.6 Å². The molecule has 0 aliphatic rings. The first kappa shape index (κ1) is 17.6. The number of nitrogens with zero attached hydrogens (tertiary/aromatic N) is 1. The van der Waals surface area contributed by atoms with E-state index >= 15 is 0 Å². The minimum Gasteiger partial charge on any atom is -0.492 e. The van der Waals surface area contributed by atoms with Crippen LogP contribution in [0.4, 0.5) is 10.5 Å². The molecule has 2 rings (SSSR count). The lowest BCUT2D eigenvalue weighted by Crippen LogP contribution is -2.34. The number of anilines is 1. The predicted octanol–water partition coefficient (Wildman–Crippen LogP) is 4.95. The second kappa shape index (κ2) is 8.22. The molecule has 0 spiro atoms. The van der Waals surface area contributed by atoms with Crippen molar-refractivity contribution < 1.29 is 9.53 Å². The van der Waals surface area contributed by atoms with E-state index < -0.39 is 0 Å². The minimum atomic E-state index is -0.175. The van der Waals surface area contributed by atoms with Crippen LogP contribution in [0.2, 0.25) is 5.02 Å². The Hall–Kier alpha value is -1.72. The molecule has 0 aromatic heterocycles. The molecule has 0 aliphatic carbocycles. The third-order valence-corrected chi connectivity index (χ3v) is 4.04. The van der Waals surface area contributed by atoms with Crippen molar-refractivity contribution >= 4 is 39.2 Å². The summed E-state index contributed by atoms with van der Waals surface area (Å²) in [5.74, 6) is 0.728. The van der Waals surface area contributed by atoms with Crippen LogP contribution >= 0.6 is 27.5 Å². The summed E-state index contributed by atoms with van der Waals surface area (Å²) >= 11 is 9.22. The Morgan fingerprint density at radius 1 is 1.26 bits per heavy atom. The molecule has 0 atom stereocenters. The highest BCUT2D eigenvalue weighted by Crippen LogP contribution is 2.21. The molecule has 0 unspecified atom stereocenters. The normalized spacial score (nSPS) is 10.3. The third-order valence-electron chi connectivity index (χ3n) is 3.30. The number of aryl methyl sites for hydroxylation is 1. The summed E-state index contributed by atoms with van der Waals surface area (Å²) in [6.45, 7) is 2.83. The van der Waals surface area contributed by atoms with Crippen molar-refractivity contribution in [3.8, 4) is 5.75 Å². The largest absolute Gasteiger partial charge is 0.492 e. The zero-order valence-electron chi connectivity index (χ0n) is 13.0. The van der Waals surface area contributed by atoms with Crippen molar-refractivity contribution in [2.24, 2.45) is 0 Å². The van der Waals surface area contributed by atoms with E-state index in [1.165, 1.54) is 0 Å². The number of amides is 2. The van der Waals surface area contributed by atoms with Crippen molar-refractivity contribution in [3.63, 3.8) is 0 Å². The molecule has 1 N–H and O–H groups in total. The van der Waals surface area contributed by atoms with E-state index in [1.54, 1.807) is 36.2 Å². The average molecular weight is 398 g/mol. The number of hydrogen-bond donors (Lipinski definition) is 1. The Kier molecular flexibility index (Phi) is 6.30. The van der Waals surface area contributed by atoms with Gasteiger partial charge in [0.25, 0.3) is 0 Å². The van der Waals surface area contributed by atoms with Crippen LogP contribution in [0.5, 0.6) is 5.75 Å². The Morgan fingerprint density at radius 2 is 1.96 bits per heavy atom. The van der Waals surface area contributed by atoms with Gasteiger partial charge in [-0.1, -0.05) is 33.6 Å². The lowest BCUT2D eigenvalue weighted by Gasteiger charge is -2.19. The van der Waals surface area contributed by atoms with Crippen LogP contribution < -0.4 is 10.1 Å². The van der Waals surface area contributed by atoms with Gasteiger partial charge in [0, 0.05) is 22.2 Å². The van der Waals surface area contributed by atoms with E-state index in [4.69, 9.17) is 16.3 Å². The van der Waals surface area contributed by atoms with Crippen molar-refractivity contribution in [2.45, 2.75) is 6.92 Å². The molecule has 4 nitrogen and oxygen atoms in total. The predicted molar refractivity (Wildman–Crippen MR) is 97.5 cm³/mol. The molecule has 0 heterocycles. The lowest BCUT2D eigenvalue weighted by molar-refractivity contribution is 0.207. The Balaban J connectivity index is 1.83.